The van der Waals surface area contributed by atoms with Gasteiger partial charge in [0, 0.05) is 24.0 Å². The minimum atomic E-state index is -0.247. The zero-order valence-corrected chi connectivity index (χ0v) is 14.4. The third-order valence-corrected chi connectivity index (χ3v) is 4.65. The second kappa shape index (κ2) is 7.23. The lowest BCUT2D eigenvalue weighted by atomic mass is 10.0. The zero-order valence-electron chi connectivity index (χ0n) is 13.6. The van der Waals surface area contributed by atoms with Crippen molar-refractivity contribution in [1.82, 2.24) is 9.97 Å². The summed E-state index contributed by atoms with van der Waals surface area (Å²) in [6.45, 7) is 0. The van der Waals surface area contributed by atoms with E-state index in [1.54, 1.807) is 0 Å². The maximum Gasteiger partial charge on any atom is 0.142 e. The number of H-pyrrole nitrogens is 1. The van der Waals surface area contributed by atoms with Gasteiger partial charge in [-0.1, -0.05) is 24.4 Å². The van der Waals surface area contributed by atoms with Crippen molar-refractivity contribution in [2.75, 3.05) is 17.7 Å². The van der Waals surface area contributed by atoms with Gasteiger partial charge in [0.25, 0.3) is 0 Å². The van der Waals surface area contributed by atoms with E-state index < -0.39 is 0 Å². The van der Waals surface area contributed by atoms with Crippen LogP contribution in [0.1, 0.15) is 37.5 Å². The highest BCUT2D eigenvalue weighted by Gasteiger charge is 2.20. The van der Waals surface area contributed by atoms with Crippen LogP contribution in [0.3, 0.4) is 0 Å². The molecule has 1 aliphatic rings. The Morgan fingerprint density at radius 2 is 2.17 bits per heavy atom. The Morgan fingerprint density at radius 1 is 1.38 bits per heavy atom. The van der Waals surface area contributed by atoms with Gasteiger partial charge >= 0.3 is 0 Å². The van der Waals surface area contributed by atoms with Crippen LogP contribution in [0.5, 0.6) is 0 Å². The highest BCUT2D eigenvalue weighted by molar-refractivity contribution is 6.32. The first-order chi connectivity index (χ1) is 11.6. The van der Waals surface area contributed by atoms with Gasteiger partial charge in [0.2, 0.25) is 0 Å². The summed E-state index contributed by atoms with van der Waals surface area (Å²) < 4.78 is 0. The molecule has 0 aliphatic carbocycles. The van der Waals surface area contributed by atoms with Crippen LogP contribution < -0.4 is 16.4 Å². The van der Waals surface area contributed by atoms with Gasteiger partial charge in [0.15, 0.2) is 0 Å². The molecule has 6 nitrogen and oxygen atoms in total. The van der Waals surface area contributed by atoms with Crippen LogP contribution in [0.2, 0.25) is 5.15 Å². The van der Waals surface area contributed by atoms with Gasteiger partial charge in [-0.2, -0.15) is 0 Å². The van der Waals surface area contributed by atoms with E-state index in [4.69, 9.17) is 17.3 Å². The topological polar surface area (TPSA) is 95.8 Å². The summed E-state index contributed by atoms with van der Waals surface area (Å²) in [5, 5.41) is 6.89. The first-order valence-electron chi connectivity index (χ1n) is 8.17. The maximum absolute atomic E-state index is 11.4. The fourth-order valence-electron chi connectivity index (χ4n) is 2.99. The molecule has 2 unspecified atom stereocenters. The highest BCUT2D eigenvalue weighted by Crippen LogP contribution is 2.35. The van der Waals surface area contributed by atoms with Crippen LogP contribution in [-0.4, -0.2) is 29.3 Å². The molecule has 2 bridgehead atoms. The van der Waals surface area contributed by atoms with Gasteiger partial charge in [-0.15, -0.1) is 0 Å². The van der Waals surface area contributed by atoms with Crippen molar-refractivity contribution in [3.05, 3.63) is 29.2 Å². The third kappa shape index (κ3) is 3.39. The van der Waals surface area contributed by atoms with E-state index in [1.807, 2.05) is 25.2 Å². The molecule has 0 fully saturated rings. The van der Waals surface area contributed by atoms with Crippen molar-refractivity contribution in [3.63, 3.8) is 0 Å². The molecule has 3 rings (SSSR count). The van der Waals surface area contributed by atoms with Crippen LogP contribution in [0.15, 0.2) is 18.2 Å². The molecule has 0 amide bonds. The lowest BCUT2D eigenvalue weighted by Gasteiger charge is -2.19. The number of aromatic nitrogens is 2. The molecular formula is C17H22ClN5O. The molecule has 5 N–H and O–H groups in total. The van der Waals surface area contributed by atoms with E-state index in [9.17, 15) is 4.79 Å². The molecule has 2 aromatic rings. The summed E-state index contributed by atoms with van der Waals surface area (Å²) in [4.78, 5) is 19.2. The maximum atomic E-state index is 11.4. The van der Waals surface area contributed by atoms with Crippen LogP contribution in [0.25, 0.3) is 11.3 Å². The molecule has 0 radical (unpaired) electrons. The number of halogens is 1. The highest BCUT2D eigenvalue weighted by atomic mass is 35.5. The molecular weight excluding hydrogens is 326 g/mol. The van der Waals surface area contributed by atoms with Crippen molar-refractivity contribution in [2.45, 2.75) is 37.8 Å². The minimum absolute atomic E-state index is 0.182. The molecule has 128 valence electrons. The summed E-state index contributed by atoms with van der Waals surface area (Å²) >= 11 is 6.37. The largest absolute Gasteiger partial charge is 0.388 e. The van der Waals surface area contributed by atoms with Gasteiger partial charge in [-0.25, -0.2) is 4.98 Å². The predicted molar refractivity (Wildman–Crippen MR) is 97.5 cm³/mol. The van der Waals surface area contributed by atoms with E-state index >= 15 is 0 Å². The second-order valence-electron chi connectivity index (χ2n) is 6.07. The van der Waals surface area contributed by atoms with Gasteiger partial charge in [0.05, 0.1) is 12.1 Å². The molecule has 2 atom stereocenters. The van der Waals surface area contributed by atoms with E-state index in [-0.39, 0.29) is 12.1 Å². The minimum Gasteiger partial charge on any atom is -0.388 e. The lowest BCUT2D eigenvalue weighted by molar-refractivity contribution is -0.108. The average Bonchev–Trinajstić information content (AvgIpc) is 2.98. The monoisotopic (exact) mass is 347 g/mol. The van der Waals surface area contributed by atoms with Gasteiger partial charge in [-0.3, -0.25) is 0 Å². The summed E-state index contributed by atoms with van der Waals surface area (Å²) in [7, 11) is 1.85. The van der Waals surface area contributed by atoms with E-state index in [1.165, 1.54) is 0 Å². The SMILES string of the molecule is CNc1ccc2c(c1)NC(C=O)CCCCC(N)c1nc-2c(Cl)[nH]1. The molecule has 2 heterocycles. The number of hydrogen-bond acceptors (Lipinski definition) is 5. The van der Waals surface area contributed by atoms with Crippen LogP contribution in [-0.2, 0) is 4.79 Å². The number of nitrogens with zero attached hydrogens (tertiary/aromatic N) is 1. The van der Waals surface area contributed by atoms with Crippen molar-refractivity contribution in [2.24, 2.45) is 5.73 Å². The summed E-state index contributed by atoms with van der Waals surface area (Å²) in [5.41, 5.74) is 9.49. The fourth-order valence-corrected chi connectivity index (χ4v) is 3.23. The lowest BCUT2D eigenvalue weighted by Crippen LogP contribution is -2.22. The molecule has 0 saturated heterocycles. The summed E-state index contributed by atoms with van der Waals surface area (Å²) in [6.07, 6.45) is 4.39. The van der Waals surface area contributed by atoms with Gasteiger partial charge in [0.1, 0.15) is 23.0 Å². The fraction of sp³-hybridized carbons (Fsp3) is 0.412. The quantitative estimate of drug-likeness (QED) is 0.625. The number of imidazole rings is 1. The zero-order chi connectivity index (χ0) is 17.1. The second-order valence-corrected chi connectivity index (χ2v) is 6.45. The molecule has 7 heteroatoms. The Labute approximate surface area is 146 Å². The number of aromatic amines is 1. The number of fused-ring (bicyclic) bond motifs is 4. The Bertz CT molecular complexity index is 730. The Balaban J connectivity index is 2.11. The number of nitrogens with one attached hydrogen (secondary N) is 3. The Kier molecular flexibility index (Phi) is 5.06. The summed E-state index contributed by atoms with van der Waals surface area (Å²) in [5.74, 6) is 0.700. The number of aldehydes is 1. The van der Waals surface area contributed by atoms with E-state index in [2.05, 4.69) is 20.6 Å². The van der Waals surface area contributed by atoms with E-state index in [0.29, 0.717) is 16.7 Å². The normalized spacial score (nSPS) is 21.0. The van der Waals surface area contributed by atoms with Crippen LogP contribution >= 0.6 is 11.6 Å². The Morgan fingerprint density at radius 3 is 2.92 bits per heavy atom. The summed E-state index contributed by atoms with van der Waals surface area (Å²) in [6, 6.07) is 5.43. The molecule has 24 heavy (non-hydrogen) atoms. The van der Waals surface area contributed by atoms with Crippen LogP contribution in [0.4, 0.5) is 11.4 Å². The van der Waals surface area contributed by atoms with Crippen molar-refractivity contribution < 1.29 is 4.79 Å². The number of hydrogen-bond donors (Lipinski definition) is 4. The molecule has 1 aliphatic heterocycles. The number of benzene rings is 1. The number of nitrogens with two attached hydrogens (primary N) is 1. The third-order valence-electron chi connectivity index (χ3n) is 4.38. The number of anilines is 2. The molecule has 1 aromatic heterocycles. The molecule has 0 saturated carbocycles. The first-order valence-corrected chi connectivity index (χ1v) is 8.55. The van der Waals surface area contributed by atoms with E-state index in [0.717, 1.165) is 48.9 Å². The first kappa shape index (κ1) is 16.8. The average molecular weight is 348 g/mol. The van der Waals surface area contributed by atoms with Crippen molar-refractivity contribution >= 4 is 29.3 Å². The number of carbonyl (C=O) groups excluding carboxylic acids is 1. The predicted octanol–water partition coefficient (Wildman–Crippen LogP) is 3.33. The van der Waals surface area contributed by atoms with Crippen molar-refractivity contribution in [3.8, 4) is 11.3 Å². The Hall–Kier alpha value is -2.05. The number of rotatable bonds is 2. The van der Waals surface area contributed by atoms with Crippen molar-refractivity contribution in [1.29, 1.82) is 0 Å². The molecule has 1 aromatic carbocycles. The van der Waals surface area contributed by atoms with Gasteiger partial charge in [-0.05, 0) is 31.0 Å². The molecule has 0 spiro atoms. The van der Waals surface area contributed by atoms with Crippen LogP contribution in [0, 0.1) is 0 Å². The standard InChI is InChI=1S/C17H22ClN5O/c1-20-10-6-7-12-14(8-10)21-11(9-24)4-2-3-5-13(19)17-22-15(12)16(18)23-17/h6-9,11,13,20-21H,2-5,19H2,1H3,(H,22,23). The number of carbonyl (C=O) groups is 1. The van der Waals surface area contributed by atoms with Gasteiger partial charge < -0.3 is 26.1 Å². The smallest absolute Gasteiger partial charge is 0.142 e.